The highest BCUT2D eigenvalue weighted by molar-refractivity contribution is 8.13. The van der Waals surface area contributed by atoms with E-state index in [1.165, 1.54) is 18.5 Å². The van der Waals surface area contributed by atoms with Crippen molar-refractivity contribution in [1.82, 2.24) is 14.9 Å². The highest BCUT2D eigenvalue weighted by Crippen LogP contribution is 2.24. The van der Waals surface area contributed by atoms with Crippen molar-refractivity contribution < 1.29 is 13.9 Å². The maximum Gasteiger partial charge on any atom is 0.338 e. The number of esters is 1. The second kappa shape index (κ2) is 11.6. The molecule has 0 saturated carbocycles. The lowest BCUT2D eigenvalue weighted by atomic mass is 10.1. The van der Waals surface area contributed by atoms with E-state index in [2.05, 4.69) is 14.9 Å². The average Bonchev–Trinajstić information content (AvgIpc) is 2.86. The summed E-state index contributed by atoms with van der Waals surface area (Å²) < 4.78 is 18.3. The summed E-state index contributed by atoms with van der Waals surface area (Å²) in [4.78, 5) is 27.1. The Labute approximate surface area is 202 Å². The molecule has 1 aliphatic rings. The SMILES string of the molecule is CCOC(=O)c1ccc(CN2CC(Cc3cncnc3)=CN=C2SCc2ccc(F)cc2)cc1. The molecule has 0 unspecified atom stereocenters. The third kappa shape index (κ3) is 6.51. The molecule has 0 N–H and O–H groups in total. The molecule has 0 saturated heterocycles. The largest absolute Gasteiger partial charge is 0.462 e. The minimum atomic E-state index is -0.320. The van der Waals surface area contributed by atoms with Crippen LogP contribution in [0, 0.1) is 5.82 Å². The first kappa shape index (κ1) is 23.6. The highest BCUT2D eigenvalue weighted by atomic mass is 32.2. The summed E-state index contributed by atoms with van der Waals surface area (Å²) in [5.74, 6) is 0.126. The molecule has 174 valence electrons. The number of thioether (sulfide) groups is 1. The number of ether oxygens (including phenoxy) is 1. The van der Waals surface area contributed by atoms with E-state index in [0.29, 0.717) is 31.0 Å². The van der Waals surface area contributed by atoms with E-state index in [-0.39, 0.29) is 11.8 Å². The molecule has 1 aliphatic heterocycles. The maximum atomic E-state index is 13.2. The van der Waals surface area contributed by atoms with Crippen LogP contribution in [0.5, 0.6) is 0 Å². The van der Waals surface area contributed by atoms with E-state index >= 15 is 0 Å². The lowest BCUT2D eigenvalue weighted by Gasteiger charge is -2.29. The van der Waals surface area contributed by atoms with Crippen LogP contribution < -0.4 is 0 Å². The normalized spacial score (nSPS) is 13.3. The molecular formula is C26H25FN4O2S. The molecule has 0 aliphatic carbocycles. The van der Waals surface area contributed by atoms with E-state index in [1.54, 1.807) is 43.0 Å². The Kier molecular flexibility index (Phi) is 8.04. The molecule has 0 radical (unpaired) electrons. The minimum absolute atomic E-state index is 0.242. The monoisotopic (exact) mass is 476 g/mol. The van der Waals surface area contributed by atoms with Gasteiger partial charge in [0.15, 0.2) is 5.17 Å². The number of amidine groups is 1. The van der Waals surface area contributed by atoms with Gasteiger partial charge in [0.1, 0.15) is 12.1 Å². The first-order valence-corrected chi connectivity index (χ1v) is 12.0. The van der Waals surface area contributed by atoms with Gasteiger partial charge in [0.05, 0.1) is 12.2 Å². The van der Waals surface area contributed by atoms with Crippen molar-refractivity contribution in [2.75, 3.05) is 13.2 Å². The van der Waals surface area contributed by atoms with Crippen molar-refractivity contribution in [2.24, 2.45) is 4.99 Å². The van der Waals surface area contributed by atoms with Gasteiger partial charge in [-0.25, -0.2) is 24.1 Å². The van der Waals surface area contributed by atoms with Crippen LogP contribution in [0.2, 0.25) is 0 Å². The van der Waals surface area contributed by atoms with Gasteiger partial charge in [-0.2, -0.15) is 0 Å². The molecule has 8 heteroatoms. The number of benzene rings is 2. The van der Waals surface area contributed by atoms with Gasteiger partial charge in [-0.05, 0) is 59.9 Å². The average molecular weight is 477 g/mol. The Morgan fingerprint density at radius 2 is 1.74 bits per heavy atom. The number of carbonyl (C=O) groups excluding carboxylic acids is 1. The van der Waals surface area contributed by atoms with Crippen molar-refractivity contribution in [1.29, 1.82) is 0 Å². The third-order valence-corrected chi connectivity index (χ3v) is 6.29. The lowest BCUT2D eigenvalue weighted by molar-refractivity contribution is 0.0526. The van der Waals surface area contributed by atoms with Crippen molar-refractivity contribution in [3.8, 4) is 0 Å². The predicted octanol–water partition coefficient (Wildman–Crippen LogP) is 5.02. The summed E-state index contributed by atoms with van der Waals surface area (Å²) >= 11 is 1.62. The Morgan fingerprint density at radius 3 is 2.44 bits per heavy atom. The molecule has 0 atom stereocenters. The number of aliphatic imine (C=N–C) groups is 1. The van der Waals surface area contributed by atoms with Gasteiger partial charge < -0.3 is 9.64 Å². The fourth-order valence-corrected chi connectivity index (χ4v) is 4.46. The second-order valence-electron chi connectivity index (χ2n) is 7.81. The quantitative estimate of drug-likeness (QED) is 0.425. The van der Waals surface area contributed by atoms with Gasteiger partial charge in [0.2, 0.25) is 0 Å². The zero-order chi connectivity index (χ0) is 23.8. The van der Waals surface area contributed by atoms with Crippen molar-refractivity contribution in [3.63, 3.8) is 0 Å². The minimum Gasteiger partial charge on any atom is -0.462 e. The van der Waals surface area contributed by atoms with E-state index in [4.69, 9.17) is 9.73 Å². The molecule has 34 heavy (non-hydrogen) atoms. The van der Waals surface area contributed by atoms with Gasteiger partial charge in [-0.3, -0.25) is 0 Å². The van der Waals surface area contributed by atoms with Crippen molar-refractivity contribution >= 4 is 22.9 Å². The Hall–Kier alpha value is -3.52. The number of rotatable bonds is 8. The zero-order valence-corrected chi connectivity index (χ0v) is 19.7. The number of nitrogens with zero attached hydrogens (tertiary/aromatic N) is 4. The van der Waals surface area contributed by atoms with Crippen LogP contribution in [0.15, 0.2) is 84.0 Å². The maximum absolute atomic E-state index is 13.2. The Morgan fingerprint density at radius 1 is 1.03 bits per heavy atom. The van der Waals surface area contributed by atoms with Gasteiger partial charge in [0.25, 0.3) is 0 Å². The number of aromatic nitrogens is 2. The summed E-state index contributed by atoms with van der Waals surface area (Å²) in [5, 5.41) is 0.895. The first-order valence-electron chi connectivity index (χ1n) is 11.0. The summed E-state index contributed by atoms with van der Waals surface area (Å²) in [6.45, 7) is 3.49. The summed E-state index contributed by atoms with van der Waals surface area (Å²) in [7, 11) is 0. The fraction of sp³-hybridized carbons (Fsp3) is 0.231. The topological polar surface area (TPSA) is 67.7 Å². The molecule has 2 aromatic carbocycles. The molecule has 2 heterocycles. The molecule has 6 nitrogen and oxygen atoms in total. The van der Waals surface area contributed by atoms with Crippen LogP contribution in [0.25, 0.3) is 0 Å². The van der Waals surface area contributed by atoms with Gasteiger partial charge >= 0.3 is 5.97 Å². The molecule has 0 bridgehead atoms. The van der Waals surface area contributed by atoms with Crippen molar-refractivity contribution in [2.45, 2.75) is 25.6 Å². The van der Waals surface area contributed by atoms with Crippen LogP contribution >= 0.6 is 11.8 Å². The van der Waals surface area contributed by atoms with Gasteiger partial charge in [-0.15, -0.1) is 0 Å². The predicted molar refractivity (Wildman–Crippen MR) is 132 cm³/mol. The van der Waals surface area contributed by atoms with Gasteiger partial charge in [0, 0.05) is 37.4 Å². The molecule has 0 fully saturated rings. The number of carbonyl (C=O) groups is 1. The van der Waals surface area contributed by atoms with E-state index in [9.17, 15) is 9.18 Å². The molecule has 0 amide bonds. The third-order valence-electron chi connectivity index (χ3n) is 5.19. The number of hydrogen-bond acceptors (Lipinski definition) is 7. The van der Waals surface area contributed by atoms with E-state index in [1.807, 2.05) is 30.7 Å². The zero-order valence-electron chi connectivity index (χ0n) is 18.9. The van der Waals surface area contributed by atoms with E-state index in [0.717, 1.165) is 33.9 Å². The fourth-order valence-electron chi connectivity index (χ4n) is 3.53. The molecule has 3 aromatic rings. The van der Waals surface area contributed by atoms with Crippen LogP contribution in [-0.4, -0.2) is 39.2 Å². The smallest absolute Gasteiger partial charge is 0.338 e. The molecule has 4 rings (SSSR count). The summed E-state index contributed by atoms with van der Waals surface area (Å²) in [6.07, 6.45) is 7.79. The van der Waals surface area contributed by atoms with Gasteiger partial charge in [-0.1, -0.05) is 36.0 Å². The number of halogens is 1. The Balaban J connectivity index is 1.49. The molecule has 0 spiro atoms. The van der Waals surface area contributed by atoms with Crippen molar-refractivity contribution in [3.05, 3.63) is 107 Å². The van der Waals surface area contributed by atoms with Crippen LogP contribution in [0.4, 0.5) is 4.39 Å². The molecular weight excluding hydrogens is 451 g/mol. The highest BCUT2D eigenvalue weighted by Gasteiger charge is 2.19. The van der Waals surface area contributed by atoms with E-state index < -0.39 is 0 Å². The lowest BCUT2D eigenvalue weighted by Crippen LogP contribution is -2.33. The van der Waals surface area contributed by atoms with Crippen LogP contribution in [0.1, 0.15) is 34.0 Å². The summed E-state index contributed by atoms with van der Waals surface area (Å²) in [6, 6.07) is 14.0. The summed E-state index contributed by atoms with van der Waals surface area (Å²) in [5.41, 5.74) is 4.82. The second-order valence-corrected chi connectivity index (χ2v) is 8.75. The Bertz CT molecular complexity index is 1170. The number of hydrogen-bond donors (Lipinski definition) is 0. The standard InChI is InChI=1S/C26H25FN4O2S/c1-2-33-25(32)23-7-3-19(4-8-23)15-31-16-22(11-21-12-28-18-29-13-21)14-30-26(31)34-17-20-5-9-24(27)10-6-20/h3-10,12-14,18H,2,11,15-17H2,1H3. The molecule has 1 aromatic heterocycles. The van der Waals surface area contributed by atoms with Crippen LogP contribution in [-0.2, 0) is 23.5 Å². The first-order chi connectivity index (χ1) is 16.6. The van der Waals surface area contributed by atoms with Crippen LogP contribution in [0.3, 0.4) is 0 Å².